The van der Waals surface area contributed by atoms with Gasteiger partial charge in [0.05, 0.1) is 19.8 Å². The molecule has 190 valence electrons. The number of aliphatic hydroxyl groups is 3. The molecule has 1 aliphatic heterocycles. The largest absolute Gasteiger partial charge is 0.458 e. The Hall–Kier alpha value is -0.900. The average Bonchev–Trinajstić information content (AvgIpc) is 2.71. The van der Waals surface area contributed by atoms with Crippen LogP contribution in [0.25, 0.3) is 0 Å². The van der Waals surface area contributed by atoms with E-state index in [1.165, 1.54) is 26.2 Å². The second-order valence-electron chi connectivity index (χ2n) is 7.60. The van der Waals surface area contributed by atoms with Crippen molar-refractivity contribution in [1.29, 1.82) is 0 Å². The van der Waals surface area contributed by atoms with Gasteiger partial charge in [0, 0.05) is 13.5 Å². The lowest BCUT2D eigenvalue weighted by Gasteiger charge is -2.41. The molecule has 1 saturated heterocycles. The van der Waals surface area contributed by atoms with Crippen LogP contribution in [0.2, 0.25) is 0 Å². The lowest BCUT2D eigenvalue weighted by Crippen LogP contribution is -2.60. The van der Waals surface area contributed by atoms with Gasteiger partial charge in [-0.25, -0.2) is 4.18 Å². The van der Waals surface area contributed by atoms with Gasteiger partial charge in [-0.1, -0.05) is 39.0 Å². The van der Waals surface area contributed by atoms with Crippen LogP contribution in [0.3, 0.4) is 0 Å². The molecular weight excluding hydrogens is 452 g/mol. The number of ether oxygens (including phenoxy) is 4. The van der Waals surface area contributed by atoms with Crippen molar-refractivity contribution in [3.8, 4) is 0 Å². The van der Waals surface area contributed by atoms with E-state index in [2.05, 4.69) is 11.1 Å². The Morgan fingerprint density at radius 2 is 1.72 bits per heavy atom. The van der Waals surface area contributed by atoms with Gasteiger partial charge in [0.15, 0.2) is 6.29 Å². The smallest absolute Gasteiger partial charge is 0.397 e. The molecule has 6 atom stereocenters. The van der Waals surface area contributed by atoms with Gasteiger partial charge in [-0.3, -0.25) is 9.35 Å². The van der Waals surface area contributed by atoms with E-state index in [4.69, 9.17) is 23.5 Å². The maximum Gasteiger partial charge on any atom is 0.397 e. The van der Waals surface area contributed by atoms with Crippen LogP contribution in [0.4, 0.5) is 0 Å². The number of hydrogen-bond acceptors (Lipinski definition) is 11. The molecule has 0 aromatic rings. The Kier molecular flexibility index (Phi) is 13.7. The van der Waals surface area contributed by atoms with E-state index in [1.807, 2.05) is 0 Å². The minimum atomic E-state index is -5.02. The van der Waals surface area contributed by atoms with Crippen molar-refractivity contribution in [2.75, 3.05) is 26.4 Å². The molecule has 12 nitrogen and oxygen atoms in total. The predicted octanol–water partition coefficient (Wildman–Crippen LogP) is -0.0612. The molecule has 1 heterocycles. The van der Waals surface area contributed by atoms with E-state index in [1.54, 1.807) is 0 Å². The molecule has 6 unspecified atom stereocenters. The highest BCUT2D eigenvalue weighted by atomic mass is 32.3. The summed E-state index contributed by atoms with van der Waals surface area (Å²) in [7, 11) is -5.02. The van der Waals surface area contributed by atoms with Crippen molar-refractivity contribution in [1.82, 2.24) is 0 Å². The molecule has 13 heteroatoms. The Morgan fingerprint density at radius 3 is 2.31 bits per heavy atom. The summed E-state index contributed by atoms with van der Waals surface area (Å²) >= 11 is 0. The number of hydrogen-bond donors (Lipinski definition) is 4. The van der Waals surface area contributed by atoms with E-state index >= 15 is 0 Å². The highest BCUT2D eigenvalue weighted by Gasteiger charge is 2.47. The van der Waals surface area contributed by atoms with E-state index < -0.39 is 59.8 Å². The summed E-state index contributed by atoms with van der Waals surface area (Å²) in [5.74, 6) is -0.580. The zero-order chi connectivity index (χ0) is 24.1. The second-order valence-corrected chi connectivity index (χ2v) is 8.65. The molecule has 0 spiro atoms. The topological polar surface area (TPSA) is 178 Å². The average molecular weight is 489 g/mol. The van der Waals surface area contributed by atoms with Crippen molar-refractivity contribution >= 4 is 16.4 Å². The Morgan fingerprint density at radius 1 is 1.06 bits per heavy atom. The SMILES string of the molecule is CCCCCCCCOCC(COC1OC(CO)C(O)C(OS(=O)(=O)O)C1O)OC(C)=O. The summed E-state index contributed by atoms with van der Waals surface area (Å²) in [6.07, 6.45) is -2.65. The monoisotopic (exact) mass is 488 g/mol. The molecule has 32 heavy (non-hydrogen) atoms. The molecule has 0 amide bonds. The first-order valence-corrected chi connectivity index (χ1v) is 12.1. The lowest BCUT2D eigenvalue weighted by molar-refractivity contribution is -0.301. The highest BCUT2D eigenvalue weighted by molar-refractivity contribution is 7.80. The first-order valence-electron chi connectivity index (χ1n) is 10.7. The zero-order valence-corrected chi connectivity index (χ0v) is 19.3. The second kappa shape index (κ2) is 15.1. The molecule has 0 aromatic carbocycles. The van der Waals surface area contributed by atoms with Crippen LogP contribution in [-0.2, 0) is 38.3 Å². The van der Waals surface area contributed by atoms with Crippen LogP contribution >= 0.6 is 0 Å². The Bertz CT molecular complexity index is 628. The molecule has 0 radical (unpaired) electrons. The molecule has 0 bridgehead atoms. The van der Waals surface area contributed by atoms with Crippen LogP contribution in [0.1, 0.15) is 52.4 Å². The molecule has 4 N–H and O–H groups in total. The lowest BCUT2D eigenvalue weighted by atomic mass is 9.99. The Labute approximate surface area is 188 Å². The van der Waals surface area contributed by atoms with Crippen molar-refractivity contribution in [3.05, 3.63) is 0 Å². The quantitative estimate of drug-likeness (QED) is 0.129. The minimum absolute atomic E-state index is 0.0222. The van der Waals surface area contributed by atoms with Gasteiger partial charge in [-0.2, -0.15) is 8.42 Å². The third-order valence-electron chi connectivity index (χ3n) is 4.78. The van der Waals surface area contributed by atoms with Gasteiger partial charge in [-0.15, -0.1) is 0 Å². The van der Waals surface area contributed by atoms with Gasteiger partial charge in [0.2, 0.25) is 0 Å². The van der Waals surface area contributed by atoms with Crippen LogP contribution in [-0.4, -0.2) is 97.5 Å². The van der Waals surface area contributed by atoms with Gasteiger partial charge in [0.1, 0.15) is 30.5 Å². The molecule has 1 rings (SSSR count). The first-order chi connectivity index (χ1) is 15.1. The normalized spacial score (nSPS) is 27.2. The number of aliphatic hydroxyl groups excluding tert-OH is 3. The number of carbonyl (C=O) groups excluding carboxylic acids is 1. The van der Waals surface area contributed by atoms with Crippen LogP contribution < -0.4 is 0 Å². The zero-order valence-electron chi connectivity index (χ0n) is 18.5. The van der Waals surface area contributed by atoms with Crippen molar-refractivity contribution in [3.63, 3.8) is 0 Å². The first kappa shape index (κ1) is 29.1. The van der Waals surface area contributed by atoms with Gasteiger partial charge in [-0.05, 0) is 6.42 Å². The summed E-state index contributed by atoms with van der Waals surface area (Å²) in [4.78, 5) is 11.4. The van der Waals surface area contributed by atoms with Gasteiger partial charge >= 0.3 is 16.4 Å². The van der Waals surface area contributed by atoms with Crippen LogP contribution in [0, 0.1) is 0 Å². The number of carbonyl (C=O) groups is 1. The minimum Gasteiger partial charge on any atom is -0.458 e. The summed E-state index contributed by atoms with van der Waals surface area (Å²) in [6.45, 7) is 2.81. The molecular formula is C19H36O12S. The predicted molar refractivity (Wildman–Crippen MR) is 110 cm³/mol. The highest BCUT2D eigenvalue weighted by Crippen LogP contribution is 2.25. The molecule has 0 saturated carbocycles. The van der Waals surface area contributed by atoms with Crippen LogP contribution in [0.5, 0.6) is 0 Å². The number of rotatable bonds is 16. The molecule has 1 fully saturated rings. The van der Waals surface area contributed by atoms with Crippen molar-refractivity contribution < 1.29 is 56.2 Å². The molecule has 0 aromatic heterocycles. The van der Waals surface area contributed by atoms with Crippen molar-refractivity contribution in [2.45, 2.75) is 89.2 Å². The summed E-state index contributed by atoms with van der Waals surface area (Å²) in [5.41, 5.74) is 0. The summed E-state index contributed by atoms with van der Waals surface area (Å²) in [5, 5.41) is 29.6. The molecule has 1 aliphatic rings. The fourth-order valence-electron chi connectivity index (χ4n) is 3.20. The van der Waals surface area contributed by atoms with E-state index in [0.717, 1.165) is 19.3 Å². The molecule has 0 aliphatic carbocycles. The third kappa shape index (κ3) is 11.3. The van der Waals surface area contributed by atoms with E-state index in [-0.39, 0.29) is 13.2 Å². The maximum absolute atomic E-state index is 11.4. The number of esters is 1. The maximum atomic E-state index is 11.4. The van der Waals surface area contributed by atoms with Crippen molar-refractivity contribution in [2.24, 2.45) is 0 Å². The van der Waals surface area contributed by atoms with Gasteiger partial charge in [0.25, 0.3) is 0 Å². The summed E-state index contributed by atoms with van der Waals surface area (Å²) in [6, 6.07) is 0. The van der Waals surface area contributed by atoms with E-state index in [9.17, 15) is 28.5 Å². The van der Waals surface area contributed by atoms with Gasteiger partial charge < -0.3 is 34.3 Å². The summed E-state index contributed by atoms with van der Waals surface area (Å²) < 4.78 is 56.5. The fourth-order valence-corrected chi connectivity index (χ4v) is 3.71. The standard InChI is InChI=1S/C19H36O12S/c1-3-4-5-6-7-8-9-27-11-14(29-13(2)21)12-28-19-17(23)18(31-32(24,25)26)16(22)15(10-20)30-19/h14-20,22-23H,3-12H2,1-2H3,(H,24,25,26). The number of unbranched alkanes of at least 4 members (excludes halogenated alkanes) is 5. The fraction of sp³-hybridized carbons (Fsp3) is 0.947. The Balaban J connectivity index is 2.58. The third-order valence-corrected chi connectivity index (χ3v) is 5.24. The van der Waals surface area contributed by atoms with E-state index in [0.29, 0.717) is 6.61 Å². The van der Waals surface area contributed by atoms with Crippen LogP contribution in [0.15, 0.2) is 0 Å².